The lowest BCUT2D eigenvalue weighted by atomic mass is 9.79. The Hall–Kier alpha value is -4.10. The lowest BCUT2D eigenvalue weighted by molar-refractivity contribution is -0.142. The molecule has 1 N–H and O–H groups in total. The van der Waals surface area contributed by atoms with Crippen LogP contribution in [0.4, 0.5) is 5.82 Å². The van der Waals surface area contributed by atoms with Crippen LogP contribution in [0.1, 0.15) is 58.7 Å². The van der Waals surface area contributed by atoms with Crippen LogP contribution in [-0.4, -0.2) is 39.9 Å². The van der Waals surface area contributed by atoms with Crippen LogP contribution in [0.3, 0.4) is 0 Å². The van der Waals surface area contributed by atoms with Crippen LogP contribution in [0.25, 0.3) is 10.9 Å². The number of benzene rings is 2. The molecule has 4 aromatic rings. The summed E-state index contributed by atoms with van der Waals surface area (Å²) in [5, 5.41) is 4.05. The summed E-state index contributed by atoms with van der Waals surface area (Å²) in [6.45, 7) is 1.82. The van der Waals surface area contributed by atoms with Gasteiger partial charge in [-0.1, -0.05) is 30.3 Å². The van der Waals surface area contributed by atoms with Crippen molar-refractivity contribution >= 4 is 28.5 Å². The zero-order chi connectivity index (χ0) is 27.6. The molecule has 1 saturated heterocycles. The number of anilines is 1. The van der Waals surface area contributed by atoms with E-state index < -0.39 is 5.41 Å². The fourth-order valence-electron chi connectivity index (χ4n) is 7.61. The molecule has 2 aliphatic carbocycles. The van der Waals surface area contributed by atoms with E-state index in [-0.39, 0.29) is 23.8 Å². The molecule has 1 spiro atoms. The zero-order valence-electron chi connectivity index (χ0n) is 22.9. The predicted octanol–water partition coefficient (Wildman–Crippen LogP) is 5.06. The number of rotatable bonds is 4. The standard InChI is InChI=1S/C34H32N4O3/c39-32(23-9-12-41-13-10-23)38(30-8-7-22-4-1-2-5-27(22)30)20-21-14-24-15-25-17-34(18-26(25)16-29(24)36-19-21)28-6-3-11-35-31(28)37-33(34)40/h1-6,11,14-16,19,23,30H,7-10,12-13,17-18,20H2,(H,35,37,40)/t30-,34+/m1/s1. The Morgan fingerprint density at radius 2 is 1.80 bits per heavy atom. The summed E-state index contributed by atoms with van der Waals surface area (Å²) in [7, 11) is 0. The van der Waals surface area contributed by atoms with E-state index in [1.807, 2.05) is 18.3 Å². The number of hydrogen-bond donors (Lipinski definition) is 1. The van der Waals surface area contributed by atoms with Crippen LogP contribution in [0.15, 0.2) is 67.0 Å². The Labute approximate surface area is 238 Å². The summed E-state index contributed by atoms with van der Waals surface area (Å²) in [4.78, 5) is 38.6. The molecule has 2 amide bonds. The predicted molar refractivity (Wildman–Crippen MR) is 155 cm³/mol. The Morgan fingerprint density at radius 1 is 0.976 bits per heavy atom. The number of pyridine rings is 2. The molecule has 2 atom stereocenters. The number of aryl methyl sites for hydroxylation is 1. The van der Waals surface area contributed by atoms with Crippen molar-refractivity contribution in [2.75, 3.05) is 18.5 Å². The monoisotopic (exact) mass is 544 g/mol. The average Bonchev–Trinajstić information content (AvgIpc) is 3.68. The molecular weight excluding hydrogens is 512 g/mol. The molecule has 0 bridgehead atoms. The molecule has 0 saturated carbocycles. The normalized spacial score (nSPS) is 22.9. The molecule has 7 nitrogen and oxygen atoms in total. The first-order chi connectivity index (χ1) is 20.1. The highest BCUT2D eigenvalue weighted by Gasteiger charge is 2.51. The number of nitrogens with one attached hydrogen (secondary N) is 1. The minimum Gasteiger partial charge on any atom is -0.381 e. The quantitative estimate of drug-likeness (QED) is 0.388. The number of amides is 2. The van der Waals surface area contributed by atoms with Gasteiger partial charge < -0.3 is 15.0 Å². The Kier molecular flexibility index (Phi) is 5.71. The number of aromatic nitrogens is 2. The van der Waals surface area contributed by atoms with E-state index in [2.05, 4.69) is 57.7 Å². The summed E-state index contributed by atoms with van der Waals surface area (Å²) in [5.41, 5.74) is 7.30. The number of fused-ring (bicyclic) bond motifs is 5. The largest absolute Gasteiger partial charge is 0.381 e. The zero-order valence-corrected chi connectivity index (χ0v) is 22.9. The molecule has 0 radical (unpaired) electrons. The highest BCUT2D eigenvalue weighted by atomic mass is 16.5. The minimum atomic E-state index is -0.602. The average molecular weight is 545 g/mol. The smallest absolute Gasteiger partial charge is 0.237 e. The van der Waals surface area contributed by atoms with Gasteiger partial charge in [-0.25, -0.2) is 4.98 Å². The molecular formula is C34H32N4O3. The van der Waals surface area contributed by atoms with Crippen molar-refractivity contribution in [1.82, 2.24) is 14.9 Å². The van der Waals surface area contributed by atoms with Gasteiger partial charge in [0.2, 0.25) is 11.8 Å². The second-order valence-corrected chi connectivity index (χ2v) is 12.1. The molecule has 41 heavy (non-hydrogen) atoms. The maximum atomic E-state index is 14.0. The summed E-state index contributed by atoms with van der Waals surface area (Å²) >= 11 is 0. The molecule has 2 aromatic heterocycles. The number of nitrogens with zero attached hydrogens (tertiary/aromatic N) is 3. The van der Waals surface area contributed by atoms with E-state index in [9.17, 15) is 9.59 Å². The SMILES string of the molecule is O=C(C1CCOCC1)N(Cc1cnc2cc3c(cc2c1)C[C@@]1(C3)C(=O)Nc2ncccc21)[C@@H]1CCc2ccccc21. The Balaban J connectivity index is 1.12. The molecule has 1 fully saturated rings. The van der Waals surface area contributed by atoms with Crippen molar-refractivity contribution in [1.29, 1.82) is 0 Å². The van der Waals surface area contributed by atoms with Crippen molar-refractivity contribution < 1.29 is 14.3 Å². The Bertz CT molecular complexity index is 1710. The second kappa shape index (κ2) is 9.48. The third kappa shape index (κ3) is 3.97. The van der Waals surface area contributed by atoms with Crippen LogP contribution in [0, 0.1) is 5.92 Å². The van der Waals surface area contributed by atoms with Gasteiger partial charge in [-0.05, 0) is 90.6 Å². The van der Waals surface area contributed by atoms with E-state index in [0.717, 1.165) is 47.7 Å². The van der Waals surface area contributed by atoms with E-state index in [0.29, 0.717) is 38.4 Å². The molecule has 4 heterocycles. The molecule has 2 aromatic carbocycles. The van der Waals surface area contributed by atoms with Crippen LogP contribution in [0.2, 0.25) is 0 Å². The highest BCUT2D eigenvalue weighted by molar-refractivity contribution is 6.06. The first-order valence-corrected chi connectivity index (χ1v) is 14.7. The number of hydrogen-bond acceptors (Lipinski definition) is 5. The van der Waals surface area contributed by atoms with Gasteiger partial charge in [-0.2, -0.15) is 0 Å². The van der Waals surface area contributed by atoms with Gasteiger partial charge in [0.05, 0.1) is 17.0 Å². The molecule has 0 unspecified atom stereocenters. The second-order valence-electron chi connectivity index (χ2n) is 12.1. The van der Waals surface area contributed by atoms with Gasteiger partial charge in [-0.3, -0.25) is 14.6 Å². The first-order valence-electron chi connectivity index (χ1n) is 14.7. The van der Waals surface area contributed by atoms with E-state index in [4.69, 9.17) is 9.72 Å². The van der Waals surface area contributed by atoms with Crippen molar-refractivity contribution in [2.24, 2.45) is 5.92 Å². The van der Waals surface area contributed by atoms with Crippen LogP contribution in [-0.2, 0) is 45.5 Å². The summed E-state index contributed by atoms with van der Waals surface area (Å²) in [6, 6.07) is 19.1. The van der Waals surface area contributed by atoms with Gasteiger partial charge >= 0.3 is 0 Å². The molecule has 206 valence electrons. The first kappa shape index (κ1) is 24.7. The van der Waals surface area contributed by atoms with Gasteiger partial charge in [0.25, 0.3) is 0 Å². The van der Waals surface area contributed by atoms with Crippen LogP contribution < -0.4 is 5.32 Å². The molecule has 7 heteroatoms. The molecule has 2 aliphatic heterocycles. The van der Waals surface area contributed by atoms with E-state index >= 15 is 0 Å². The molecule has 4 aliphatic rings. The lowest BCUT2D eigenvalue weighted by Crippen LogP contribution is -2.40. The lowest BCUT2D eigenvalue weighted by Gasteiger charge is -2.34. The van der Waals surface area contributed by atoms with Gasteiger partial charge in [-0.15, -0.1) is 0 Å². The van der Waals surface area contributed by atoms with Crippen LogP contribution in [0.5, 0.6) is 0 Å². The van der Waals surface area contributed by atoms with Gasteiger partial charge in [0.15, 0.2) is 0 Å². The fourth-order valence-corrected chi connectivity index (χ4v) is 7.61. The van der Waals surface area contributed by atoms with Gasteiger partial charge in [0.1, 0.15) is 5.82 Å². The maximum Gasteiger partial charge on any atom is 0.237 e. The van der Waals surface area contributed by atoms with E-state index in [1.165, 1.54) is 22.3 Å². The van der Waals surface area contributed by atoms with Gasteiger partial charge in [0, 0.05) is 49.0 Å². The number of carbonyl (C=O) groups excluding carboxylic acids is 2. The number of ether oxygens (including phenoxy) is 1. The summed E-state index contributed by atoms with van der Waals surface area (Å²) in [6.07, 6.45) is 8.45. The number of carbonyl (C=O) groups is 2. The highest BCUT2D eigenvalue weighted by Crippen LogP contribution is 2.47. The van der Waals surface area contributed by atoms with Crippen molar-refractivity contribution in [3.63, 3.8) is 0 Å². The third-order valence-electron chi connectivity index (χ3n) is 9.72. The van der Waals surface area contributed by atoms with E-state index in [1.54, 1.807) is 6.20 Å². The summed E-state index contributed by atoms with van der Waals surface area (Å²) in [5.74, 6) is 0.932. The fraction of sp³-hybridized carbons (Fsp3) is 0.353. The van der Waals surface area contributed by atoms with Crippen LogP contribution >= 0.6 is 0 Å². The maximum absolute atomic E-state index is 14.0. The Morgan fingerprint density at radius 3 is 2.68 bits per heavy atom. The third-order valence-corrected chi connectivity index (χ3v) is 9.72. The van der Waals surface area contributed by atoms with Crippen molar-refractivity contribution in [2.45, 2.75) is 56.5 Å². The minimum absolute atomic E-state index is 0.000637. The summed E-state index contributed by atoms with van der Waals surface area (Å²) < 4.78 is 5.57. The van der Waals surface area contributed by atoms with Crippen molar-refractivity contribution in [3.8, 4) is 0 Å². The topological polar surface area (TPSA) is 84.4 Å². The molecule has 8 rings (SSSR count). The van der Waals surface area contributed by atoms with Crippen molar-refractivity contribution in [3.05, 3.63) is 100 Å².